The molecule has 0 aromatic heterocycles. The Morgan fingerprint density at radius 1 is 1.24 bits per heavy atom. The fourth-order valence-electron chi connectivity index (χ4n) is 2.66. The van der Waals surface area contributed by atoms with E-state index >= 15 is 0 Å². The van der Waals surface area contributed by atoms with Crippen molar-refractivity contribution in [3.05, 3.63) is 64.0 Å². The van der Waals surface area contributed by atoms with Crippen LogP contribution in [0.4, 0.5) is 5.69 Å². The van der Waals surface area contributed by atoms with Crippen LogP contribution in [0, 0.1) is 0 Å². The predicted molar refractivity (Wildman–Crippen MR) is 122 cm³/mol. The summed E-state index contributed by atoms with van der Waals surface area (Å²) >= 11 is 12.7. The number of carbonyl (C=O) groups is 2. The Kier molecular flexibility index (Phi) is 7.30. The number of halogens is 1. The van der Waals surface area contributed by atoms with Gasteiger partial charge in [0.25, 0.3) is 5.91 Å². The zero-order valence-corrected chi connectivity index (χ0v) is 18.1. The number of nitrogens with zero attached hydrogens (tertiary/aromatic N) is 1. The Labute approximate surface area is 184 Å². The highest BCUT2D eigenvalue weighted by Crippen LogP contribution is 2.33. The van der Waals surface area contributed by atoms with Gasteiger partial charge >= 0.3 is 0 Å². The van der Waals surface area contributed by atoms with E-state index in [2.05, 4.69) is 5.32 Å². The standard InChI is InChI=1S/C21H19ClN2O3S2/c1-2-27-16-9-7-15(8-10-16)23-19(25)11-12-24-20(26)18(29-21(24)28)13-14-5-3-4-6-17(14)22/h3-10,13H,2,11-12H2,1H3,(H,23,25). The van der Waals surface area contributed by atoms with Gasteiger partial charge in [0.2, 0.25) is 5.91 Å². The van der Waals surface area contributed by atoms with Crippen LogP contribution in [0.5, 0.6) is 5.75 Å². The second-order valence-electron chi connectivity index (χ2n) is 6.11. The molecule has 0 bridgehead atoms. The number of anilines is 1. The Hall–Kier alpha value is -2.35. The number of thiocarbonyl (C=S) groups is 1. The molecule has 1 N–H and O–H groups in total. The van der Waals surface area contributed by atoms with Crippen molar-refractivity contribution in [1.82, 2.24) is 4.90 Å². The van der Waals surface area contributed by atoms with Crippen molar-refractivity contribution in [1.29, 1.82) is 0 Å². The molecule has 0 aliphatic carbocycles. The summed E-state index contributed by atoms with van der Waals surface area (Å²) in [5, 5.41) is 3.37. The highest BCUT2D eigenvalue weighted by molar-refractivity contribution is 8.26. The van der Waals surface area contributed by atoms with E-state index in [1.54, 1.807) is 36.4 Å². The van der Waals surface area contributed by atoms with Crippen LogP contribution < -0.4 is 10.1 Å². The molecule has 1 fully saturated rings. The molecule has 29 heavy (non-hydrogen) atoms. The van der Waals surface area contributed by atoms with Gasteiger partial charge in [0.1, 0.15) is 10.1 Å². The molecule has 2 amide bonds. The van der Waals surface area contributed by atoms with Gasteiger partial charge in [-0.2, -0.15) is 0 Å². The Bertz CT molecular complexity index is 961. The number of carbonyl (C=O) groups excluding carboxylic acids is 2. The van der Waals surface area contributed by atoms with Crippen LogP contribution in [0.25, 0.3) is 6.08 Å². The van der Waals surface area contributed by atoms with E-state index in [0.29, 0.717) is 26.5 Å². The SMILES string of the molecule is CCOc1ccc(NC(=O)CCN2C(=O)C(=Cc3ccccc3Cl)SC2=S)cc1. The van der Waals surface area contributed by atoms with Crippen molar-refractivity contribution >= 4 is 63.5 Å². The van der Waals surface area contributed by atoms with Gasteiger partial charge in [0, 0.05) is 23.7 Å². The van der Waals surface area contributed by atoms with Crippen LogP contribution in [0.1, 0.15) is 18.9 Å². The van der Waals surface area contributed by atoms with Crippen molar-refractivity contribution in [2.24, 2.45) is 0 Å². The molecule has 0 radical (unpaired) electrons. The lowest BCUT2D eigenvalue weighted by Gasteiger charge is -2.14. The highest BCUT2D eigenvalue weighted by Gasteiger charge is 2.32. The highest BCUT2D eigenvalue weighted by atomic mass is 35.5. The summed E-state index contributed by atoms with van der Waals surface area (Å²) in [6.07, 6.45) is 1.86. The Balaban J connectivity index is 1.57. The number of hydrogen-bond donors (Lipinski definition) is 1. The molecule has 8 heteroatoms. The maximum atomic E-state index is 12.7. The van der Waals surface area contributed by atoms with Crippen LogP contribution in [0.3, 0.4) is 0 Å². The molecular formula is C21H19ClN2O3S2. The van der Waals surface area contributed by atoms with Crippen molar-refractivity contribution in [2.45, 2.75) is 13.3 Å². The third-order valence-electron chi connectivity index (χ3n) is 4.08. The second kappa shape index (κ2) is 9.91. The summed E-state index contributed by atoms with van der Waals surface area (Å²) in [5.41, 5.74) is 1.42. The second-order valence-corrected chi connectivity index (χ2v) is 8.19. The molecule has 2 aromatic carbocycles. The van der Waals surface area contributed by atoms with E-state index in [4.69, 9.17) is 28.6 Å². The van der Waals surface area contributed by atoms with Crippen LogP contribution in [-0.4, -0.2) is 34.2 Å². The first kappa shape index (κ1) is 21.4. The number of amides is 2. The summed E-state index contributed by atoms with van der Waals surface area (Å²) in [5.74, 6) is 0.334. The molecular weight excluding hydrogens is 428 g/mol. The first-order chi connectivity index (χ1) is 14.0. The zero-order chi connectivity index (χ0) is 20.8. The lowest BCUT2D eigenvalue weighted by molar-refractivity contribution is -0.122. The van der Waals surface area contributed by atoms with Gasteiger partial charge in [0.15, 0.2) is 0 Å². The summed E-state index contributed by atoms with van der Waals surface area (Å²) < 4.78 is 5.81. The Morgan fingerprint density at radius 2 is 1.97 bits per heavy atom. The van der Waals surface area contributed by atoms with Gasteiger partial charge in [-0.15, -0.1) is 0 Å². The summed E-state index contributed by atoms with van der Waals surface area (Å²) in [6.45, 7) is 2.71. The fraction of sp³-hybridized carbons (Fsp3) is 0.190. The maximum Gasteiger partial charge on any atom is 0.266 e. The summed E-state index contributed by atoms with van der Waals surface area (Å²) in [6, 6.07) is 14.4. The van der Waals surface area contributed by atoms with Gasteiger partial charge < -0.3 is 10.1 Å². The molecule has 1 aliphatic rings. The molecule has 0 unspecified atom stereocenters. The first-order valence-electron chi connectivity index (χ1n) is 9.00. The predicted octanol–water partition coefficient (Wildman–Crippen LogP) is 4.97. The normalized spacial score (nSPS) is 15.1. The van der Waals surface area contributed by atoms with E-state index in [9.17, 15) is 9.59 Å². The summed E-state index contributed by atoms with van der Waals surface area (Å²) in [4.78, 5) is 26.9. The van der Waals surface area contributed by atoms with E-state index < -0.39 is 0 Å². The zero-order valence-electron chi connectivity index (χ0n) is 15.7. The molecule has 1 heterocycles. The van der Waals surface area contributed by atoms with E-state index in [-0.39, 0.29) is 24.8 Å². The monoisotopic (exact) mass is 446 g/mol. The molecule has 1 saturated heterocycles. The van der Waals surface area contributed by atoms with Crippen LogP contribution in [0.2, 0.25) is 5.02 Å². The van der Waals surface area contributed by atoms with Gasteiger partial charge in [-0.3, -0.25) is 14.5 Å². The maximum absolute atomic E-state index is 12.7. The van der Waals surface area contributed by atoms with E-state index in [1.807, 2.05) is 25.1 Å². The molecule has 150 valence electrons. The third kappa shape index (κ3) is 5.59. The molecule has 0 spiro atoms. The van der Waals surface area contributed by atoms with Gasteiger partial charge in [-0.1, -0.05) is 53.8 Å². The average molecular weight is 447 g/mol. The van der Waals surface area contributed by atoms with Gasteiger partial charge in [0.05, 0.1) is 11.5 Å². The van der Waals surface area contributed by atoms with Crippen molar-refractivity contribution < 1.29 is 14.3 Å². The number of thioether (sulfide) groups is 1. The average Bonchev–Trinajstić information content (AvgIpc) is 2.96. The first-order valence-corrected chi connectivity index (χ1v) is 10.6. The number of nitrogens with one attached hydrogen (secondary N) is 1. The molecule has 1 aliphatic heterocycles. The minimum Gasteiger partial charge on any atom is -0.494 e. The number of ether oxygens (including phenoxy) is 1. The number of benzene rings is 2. The van der Waals surface area contributed by atoms with Gasteiger partial charge in [-0.05, 0) is 48.9 Å². The van der Waals surface area contributed by atoms with Crippen molar-refractivity contribution in [3.8, 4) is 5.75 Å². The fourth-order valence-corrected chi connectivity index (χ4v) is 4.15. The molecule has 2 aromatic rings. The minimum atomic E-state index is -0.214. The van der Waals surface area contributed by atoms with E-state index in [0.717, 1.165) is 11.3 Å². The van der Waals surface area contributed by atoms with E-state index in [1.165, 1.54) is 16.7 Å². The molecule has 0 atom stereocenters. The quantitative estimate of drug-likeness (QED) is 0.480. The largest absolute Gasteiger partial charge is 0.494 e. The van der Waals surface area contributed by atoms with Crippen molar-refractivity contribution in [2.75, 3.05) is 18.5 Å². The number of rotatable bonds is 7. The molecule has 0 saturated carbocycles. The summed E-state index contributed by atoms with van der Waals surface area (Å²) in [7, 11) is 0. The van der Waals surface area contributed by atoms with Gasteiger partial charge in [-0.25, -0.2) is 0 Å². The third-order valence-corrected chi connectivity index (χ3v) is 5.80. The van der Waals surface area contributed by atoms with Crippen LogP contribution >= 0.6 is 35.6 Å². The molecule has 5 nitrogen and oxygen atoms in total. The smallest absolute Gasteiger partial charge is 0.266 e. The number of hydrogen-bond acceptors (Lipinski definition) is 5. The lowest BCUT2D eigenvalue weighted by atomic mass is 10.2. The topological polar surface area (TPSA) is 58.6 Å². The Morgan fingerprint density at radius 3 is 2.66 bits per heavy atom. The van der Waals surface area contributed by atoms with Crippen LogP contribution in [0.15, 0.2) is 53.4 Å². The minimum absolute atomic E-state index is 0.138. The lowest BCUT2D eigenvalue weighted by Crippen LogP contribution is -2.31. The molecule has 3 rings (SSSR count). The van der Waals surface area contributed by atoms with Crippen molar-refractivity contribution in [3.63, 3.8) is 0 Å². The van der Waals surface area contributed by atoms with Crippen LogP contribution in [-0.2, 0) is 9.59 Å².